The molecule has 0 bridgehead atoms. The van der Waals surface area contributed by atoms with Crippen LogP contribution in [0.5, 0.6) is 0 Å². The van der Waals surface area contributed by atoms with Gasteiger partial charge in [-0.25, -0.2) is 0 Å². The first-order chi connectivity index (χ1) is 10.3. The standard InChI is InChI=1S/C20H33N/c1-3-5-6-7-8-13-20(21-4-2)19-15-14-17-11-9-10-12-18(17)16-19/h14-16,20-21H,3-13H2,1-2H3. The van der Waals surface area contributed by atoms with Gasteiger partial charge in [-0.05, 0) is 55.3 Å². The van der Waals surface area contributed by atoms with Crippen LogP contribution in [0.4, 0.5) is 0 Å². The quantitative estimate of drug-likeness (QED) is 0.585. The molecule has 0 radical (unpaired) electrons. The molecule has 0 saturated heterocycles. The van der Waals surface area contributed by atoms with E-state index in [1.165, 1.54) is 69.8 Å². The Kier molecular flexibility index (Phi) is 7.29. The second-order valence-electron chi connectivity index (χ2n) is 6.55. The highest BCUT2D eigenvalue weighted by Crippen LogP contribution is 2.27. The molecular weight excluding hydrogens is 254 g/mol. The normalized spacial score (nSPS) is 15.7. The van der Waals surface area contributed by atoms with Gasteiger partial charge in [0.25, 0.3) is 0 Å². The molecule has 0 heterocycles. The van der Waals surface area contributed by atoms with Crippen LogP contribution in [-0.4, -0.2) is 6.54 Å². The van der Waals surface area contributed by atoms with E-state index in [0.717, 1.165) is 6.54 Å². The van der Waals surface area contributed by atoms with Crippen LogP contribution in [0.2, 0.25) is 0 Å². The van der Waals surface area contributed by atoms with Gasteiger partial charge in [0.05, 0.1) is 0 Å². The molecule has 1 heteroatoms. The van der Waals surface area contributed by atoms with Gasteiger partial charge in [-0.15, -0.1) is 0 Å². The van der Waals surface area contributed by atoms with Crippen molar-refractivity contribution < 1.29 is 0 Å². The van der Waals surface area contributed by atoms with Gasteiger partial charge in [0.2, 0.25) is 0 Å². The van der Waals surface area contributed by atoms with Gasteiger partial charge >= 0.3 is 0 Å². The smallest absolute Gasteiger partial charge is 0.0320 e. The summed E-state index contributed by atoms with van der Waals surface area (Å²) >= 11 is 0. The summed E-state index contributed by atoms with van der Waals surface area (Å²) in [4.78, 5) is 0. The Labute approximate surface area is 131 Å². The molecule has 0 aliphatic heterocycles. The van der Waals surface area contributed by atoms with Crippen molar-refractivity contribution in [2.45, 2.75) is 84.1 Å². The zero-order valence-electron chi connectivity index (χ0n) is 14.1. The Morgan fingerprint density at radius 2 is 1.71 bits per heavy atom. The Balaban J connectivity index is 1.93. The lowest BCUT2D eigenvalue weighted by Gasteiger charge is -2.22. The van der Waals surface area contributed by atoms with Gasteiger partial charge in [0.1, 0.15) is 0 Å². The van der Waals surface area contributed by atoms with Crippen molar-refractivity contribution in [1.82, 2.24) is 5.32 Å². The van der Waals surface area contributed by atoms with Crippen LogP contribution in [-0.2, 0) is 12.8 Å². The number of hydrogen-bond acceptors (Lipinski definition) is 1. The maximum absolute atomic E-state index is 3.70. The first kappa shape index (κ1) is 16.5. The molecule has 2 rings (SSSR count). The van der Waals surface area contributed by atoms with Gasteiger partial charge in [-0.3, -0.25) is 0 Å². The van der Waals surface area contributed by atoms with Crippen LogP contribution in [0, 0.1) is 0 Å². The molecule has 1 unspecified atom stereocenters. The monoisotopic (exact) mass is 287 g/mol. The largest absolute Gasteiger partial charge is 0.310 e. The van der Waals surface area contributed by atoms with Crippen molar-refractivity contribution in [3.05, 3.63) is 34.9 Å². The van der Waals surface area contributed by atoms with E-state index < -0.39 is 0 Å². The molecule has 0 aromatic heterocycles. The summed E-state index contributed by atoms with van der Waals surface area (Å²) in [5.74, 6) is 0. The van der Waals surface area contributed by atoms with Crippen LogP contribution in [0.3, 0.4) is 0 Å². The number of aryl methyl sites for hydroxylation is 2. The third-order valence-electron chi connectivity index (χ3n) is 4.82. The lowest BCUT2D eigenvalue weighted by atomic mass is 9.88. The predicted octanol–water partition coefficient (Wildman–Crippen LogP) is 5.58. The van der Waals surface area contributed by atoms with E-state index in [1.54, 1.807) is 11.1 Å². The second-order valence-corrected chi connectivity index (χ2v) is 6.55. The van der Waals surface area contributed by atoms with Gasteiger partial charge in [0, 0.05) is 6.04 Å². The molecule has 0 fully saturated rings. The molecule has 0 amide bonds. The third-order valence-corrected chi connectivity index (χ3v) is 4.82. The zero-order valence-corrected chi connectivity index (χ0v) is 14.1. The molecule has 1 aliphatic carbocycles. The lowest BCUT2D eigenvalue weighted by molar-refractivity contribution is 0.478. The highest BCUT2D eigenvalue weighted by molar-refractivity contribution is 5.35. The van der Waals surface area contributed by atoms with Gasteiger partial charge < -0.3 is 5.32 Å². The summed E-state index contributed by atoms with van der Waals surface area (Å²) < 4.78 is 0. The molecule has 1 aromatic carbocycles. The van der Waals surface area contributed by atoms with Crippen molar-refractivity contribution in [1.29, 1.82) is 0 Å². The van der Waals surface area contributed by atoms with Gasteiger partial charge in [0.15, 0.2) is 0 Å². The minimum absolute atomic E-state index is 0.559. The summed E-state index contributed by atoms with van der Waals surface area (Å²) in [5.41, 5.74) is 4.74. The van der Waals surface area contributed by atoms with E-state index in [-0.39, 0.29) is 0 Å². The zero-order chi connectivity index (χ0) is 14.9. The fraction of sp³-hybridized carbons (Fsp3) is 0.700. The predicted molar refractivity (Wildman–Crippen MR) is 92.9 cm³/mol. The number of nitrogens with one attached hydrogen (secondary N) is 1. The van der Waals surface area contributed by atoms with E-state index in [0.29, 0.717) is 6.04 Å². The average Bonchev–Trinajstić information content (AvgIpc) is 2.53. The number of unbranched alkanes of at least 4 members (excludes halogenated alkanes) is 4. The molecule has 1 nitrogen and oxygen atoms in total. The van der Waals surface area contributed by atoms with Crippen molar-refractivity contribution in [3.63, 3.8) is 0 Å². The van der Waals surface area contributed by atoms with Crippen molar-refractivity contribution in [2.75, 3.05) is 6.54 Å². The number of hydrogen-bond donors (Lipinski definition) is 1. The first-order valence-electron chi connectivity index (χ1n) is 9.20. The van der Waals surface area contributed by atoms with E-state index >= 15 is 0 Å². The minimum Gasteiger partial charge on any atom is -0.310 e. The SMILES string of the molecule is CCCCCCCC(NCC)c1ccc2c(c1)CCCC2. The minimum atomic E-state index is 0.559. The molecule has 1 aromatic rings. The molecular formula is C20H33N. The fourth-order valence-electron chi connectivity index (χ4n) is 3.56. The Hall–Kier alpha value is -0.820. The van der Waals surface area contributed by atoms with Crippen LogP contribution in [0.25, 0.3) is 0 Å². The number of fused-ring (bicyclic) bond motifs is 1. The van der Waals surface area contributed by atoms with E-state index in [1.807, 2.05) is 0 Å². The average molecular weight is 287 g/mol. The summed E-state index contributed by atoms with van der Waals surface area (Å²) in [5, 5.41) is 3.70. The van der Waals surface area contributed by atoms with Crippen LogP contribution in [0.1, 0.15) is 87.9 Å². The van der Waals surface area contributed by atoms with E-state index in [2.05, 4.69) is 37.4 Å². The molecule has 1 aliphatic rings. The summed E-state index contributed by atoms with van der Waals surface area (Å²) in [7, 11) is 0. The van der Waals surface area contributed by atoms with Gasteiger partial charge in [-0.2, -0.15) is 0 Å². The highest BCUT2D eigenvalue weighted by Gasteiger charge is 2.14. The third kappa shape index (κ3) is 5.14. The van der Waals surface area contributed by atoms with Crippen molar-refractivity contribution >= 4 is 0 Å². The first-order valence-corrected chi connectivity index (χ1v) is 9.20. The Morgan fingerprint density at radius 3 is 2.48 bits per heavy atom. The number of benzene rings is 1. The van der Waals surface area contributed by atoms with Crippen LogP contribution >= 0.6 is 0 Å². The molecule has 1 N–H and O–H groups in total. The molecule has 0 spiro atoms. The van der Waals surface area contributed by atoms with Crippen molar-refractivity contribution in [2.24, 2.45) is 0 Å². The molecule has 1 atom stereocenters. The summed E-state index contributed by atoms with van der Waals surface area (Å²) in [6.45, 7) is 5.58. The molecule has 21 heavy (non-hydrogen) atoms. The maximum atomic E-state index is 3.70. The van der Waals surface area contributed by atoms with Crippen LogP contribution < -0.4 is 5.32 Å². The Morgan fingerprint density at radius 1 is 0.952 bits per heavy atom. The maximum Gasteiger partial charge on any atom is 0.0320 e. The van der Waals surface area contributed by atoms with Crippen molar-refractivity contribution in [3.8, 4) is 0 Å². The second kappa shape index (κ2) is 9.25. The molecule has 0 saturated carbocycles. The lowest BCUT2D eigenvalue weighted by Crippen LogP contribution is -2.21. The fourth-order valence-corrected chi connectivity index (χ4v) is 3.56. The van der Waals surface area contributed by atoms with Crippen LogP contribution in [0.15, 0.2) is 18.2 Å². The van der Waals surface area contributed by atoms with E-state index in [9.17, 15) is 0 Å². The Bertz CT molecular complexity index is 410. The summed E-state index contributed by atoms with van der Waals surface area (Å²) in [6, 6.07) is 7.83. The van der Waals surface area contributed by atoms with E-state index in [4.69, 9.17) is 0 Å². The van der Waals surface area contributed by atoms with Gasteiger partial charge in [-0.1, -0.05) is 64.2 Å². The molecule has 118 valence electrons. The number of rotatable bonds is 9. The topological polar surface area (TPSA) is 12.0 Å². The highest BCUT2D eigenvalue weighted by atomic mass is 14.9. The summed E-state index contributed by atoms with van der Waals surface area (Å²) in [6.07, 6.45) is 13.5.